The van der Waals surface area contributed by atoms with Gasteiger partial charge in [-0.15, -0.1) is 0 Å². The van der Waals surface area contributed by atoms with Gasteiger partial charge in [-0.1, -0.05) is 48.0 Å². The average molecular weight is 336 g/mol. The summed E-state index contributed by atoms with van der Waals surface area (Å²) >= 11 is 0. The summed E-state index contributed by atoms with van der Waals surface area (Å²) in [7, 11) is 0. The van der Waals surface area contributed by atoms with Crippen LogP contribution in [0.25, 0.3) is 0 Å². The van der Waals surface area contributed by atoms with Crippen LogP contribution in [-0.4, -0.2) is 17.2 Å². The van der Waals surface area contributed by atoms with E-state index in [0.29, 0.717) is 6.42 Å². The number of rotatable bonds is 2. The first-order valence-electron chi connectivity index (χ1n) is 9.04. The molecule has 0 heterocycles. The van der Waals surface area contributed by atoms with Crippen molar-refractivity contribution in [3.63, 3.8) is 0 Å². The van der Waals surface area contributed by atoms with E-state index >= 15 is 0 Å². The van der Waals surface area contributed by atoms with Crippen molar-refractivity contribution in [2.24, 2.45) is 0 Å². The SMILES string of the molecule is Cc1ccc2c(c1)[C@H](NC(=O)N[C@H]1c3ccccc3C[C@H]1O)CCC2. The molecule has 130 valence electrons. The molecule has 2 aliphatic carbocycles. The number of nitrogens with one attached hydrogen (secondary N) is 2. The fourth-order valence-electron chi connectivity index (χ4n) is 4.16. The zero-order valence-corrected chi connectivity index (χ0v) is 14.5. The molecule has 4 heteroatoms. The molecule has 0 bridgehead atoms. The highest BCUT2D eigenvalue weighted by molar-refractivity contribution is 5.75. The van der Waals surface area contributed by atoms with Gasteiger partial charge in [-0.3, -0.25) is 0 Å². The minimum absolute atomic E-state index is 0.0393. The molecule has 25 heavy (non-hydrogen) atoms. The van der Waals surface area contributed by atoms with Crippen molar-refractivity contribution in [3.8, 4) is 0 Å². The van der Waals surface area contributed by atoms with Gasteiger partial charge in [0.1, 0.15) is 0 Å². The van der Waals surface area contributed by atoms with Crippen molar-refractivity contribution in [3.05, 3.63) is 70.3 Å². The van der Waals surface area contributed by atoms with Crippen LogP contribution in [0.15, 0.2) is 42.5 Å². The third-order valence-corrected chi connectivity index (χ3v) is 5.41. The highest BCUT2D eigenvalue weighted by atomic mass is 16.3. The van der Waals surface area contributed by atoms with E-state index in [-0.39, 0.29) is 18.1 Å². The minimum Gasteiger partial charge on any atom is -0.390 e. The first kappa shape index (κ1) is 16.2. The quantitative estimate of drug-likeness (QED) is 0.788. The summed E-state index contributed by atoms with van der Waals surface area (Å²) in [5, 5.41) is 16.4. The summed E-state index contributed by atoms with van der Waals surface area (Å²) in [5.74, 6) is 0. The Bertz CT molecular complexity index is 802. The van der Waals surface area contributed by atoms with E-state index in [9.17, 15) is 9.90 Å². The zero-order valence-electron chi connectivity index (χ0n) is 14.5. The van der Waals surface area contributed by atoms with Crippen LogP contribution in [-0.2, 0) is 12.8 Å². The fraction of sp³-hybridized carbons (Fsp3) is 0.381. The second kappa shape index (κ2) is 6.52. The molecule has 3 atom stereocenters. The summed E-state index contributed by atoms with van der Waals surface area (Å²) in [6.45, 7) is 2.08. The Hall–Kier alpha value is -2.33. The largest absolute Gasteiger partial charge is 0.390 e. The summed E-state index contributed by atoms with van der Waals surface area (Å²) < 4.78 is 0. The summed E-state index contributed by atoms with van der Waals surface area (Å²) in [6.07, 6.45) is 3.13. The predicted octanol–water partition coefficient (Wildman–Crippen LogP) is 3.33. The summed E-state index contributed by atoms with van der Waals surface area (Å²) in [4.78, 5) is 12.6. The molecular formula is C21H24N2O2. The van der Waals surface area contributed by atoms with Gasteiger partial charge < -0.3 is 15.7 Å². The number of carbonyl (C=O) groups is 1. The van der Waals surface area contributed by atoms with E-state index in [0.717, 1.165) is 30.4 Å². The molecule has 2 aromatic rings. The number of fused-ring (bicyclic) bond motifs is 2. The Balaban J connectivity index is 1.48. The van der Waals surface area contributed by atoms with Crippen LogP contribution >= 0.6 is 0 Å². The number of aliphatic hydroxyl groups excluding tert-OH is 1. The first-order chi connectivity index (χ1) is 12.1. The van der Waals surface area contributed by atoms with Crippen LogP contribution in [0.1, 0.15) is 52.7 Å². The second-order valence-corrected chi connectivity index (χ2v) is 7.21. The lowest BCUT2D eigenvalue weighted by Crippen LogP contribution is -2.43. The molecule has 0 unspecified atom stereocenters. The summed E-state index contributed by atoms with van der Waals surface area (Å²) in [5.41, 5.74) is 5.90. The molecule has 0 spiro atoms. The molecule has 0 saturated carbocycles. The number of benzene rings is 2. The Kier molecular flexibility index (Phi) is 4.22. The van der Waals surface area contributed by atoms with Crippen molar-refractivity contribution >= 4 is 6.03 Å². The maximum Gasteiger partial charge on any atom is 0.315 e. The molecule has 4 rings (SSSR count). The van der Waals surface area contributed by atoms with Crippen LogP contribution in [0.3, 0.4) is 0 Å². The molecule has 0 aliphatic heterocycles. The van der Waals surface area contributed by atoms with Crippen LogP contribution in [0, 0.1) is 6.92 Å². The van der Waals surface area contributed by atoms with E-state index in [1.165, 1.54) is 16.7 Å². The average Bonchev–Trinajstić information content (AvgIpc) is 2.91. The number of aryl methyl sites for hydroxylation is 2. The molecule has 2 amide bonds. The van der Waals surface area contributed by atoms with Crippen LogP contribution in [0.4, 0.5) is 4.79 Å². The molecule has 2 aromatic carbocycles. The third-order valence-electron chi connectivity index (χ3n) is 5.41. The van der Waals surface area contributed by atoms with Gasteiger partial charge >= 0.3 is 6.03 Å². The first-order valence-corrected chi connectivity index (χ1v) is 9.04. The Morgan fingerprint density at radius 2 is 1.92 bits per heavy atom. The van der Waals surface area contributed by atoms with Gasteiger partial charge in [0.2, 0.25) is 0 Å². The molecule has 3 N–H and O–H groups in total. The molecule has 0 radical (unpaired) electrons. The van der Waals surface area contributed by atoms with Crippen molar-refractivity contribution in [2.75, 3.05) is 0 Å². The molecular weight excluding hydrogens is 312 g/mol. The third kappa shape index (κ3) is 3.14. The number of urea groups is 1. The lowest BCUT2D eigenvalue weighted by molar-refractivity contribution is 0.141. The second-order valence-electron chi connectivity index (χ2n) is 7.21. The van der Waals surface area contributed by atoms with Gasteiger partial charge in [-0.05, 0) is 48.4 Å². The van der Waals surface area contributed by atoms with Gasteiger partial charge in [0.15, 0.2) is 0 Å². The van der Waals surface area contributed by atoms with Crippen LogP contribution in [0.2, 0.25) is 0 Å². The van der Waals surface area contributed by atoms with Crippen molar-refractivity contribution in [1.29, 1.82) is 0 Å². The van der Waals surface area contributed by atoms with E-state index in [1.54, 1.807) is 0 Å². The summed E-state index contributed by atoms with van der Waals surface area (Å²) in [6, 6.07) is 13.9. The minimum atomic E-state index is -0.566. The van der Waals surface area contributed by atoms with E-state index in [1.807, 2.05) is 24.3 Å². The number of hydrogen-bond donors (Lipinski definition) is 3. The molecule has 0 fully saturated rings. The van der Waals surface area contributed by atoms with E-state index < -0.39 is 6.10 Å². The molecule has 0 saturated heterocycles. The lowest BCUT2D eigenvalue weighted by Gasteiger charge is -2.28. The van der Waals surface area contributed by atoms with Gasteiger partial charge in [-0.25, -0.2) is 4.79 Å². The van der Waals surface area contributed by atoms with Gasteiger partial charge in [0.05, 0.1) is 18.2 Å². The molecule has 0 aromatic heterocycles. The van der Waals surface area contributed by atoms with Gasteiger partial charge in [0, 0.05) is 6.42 Å². The topological polar surface area (TPSA) is 61.4 Å². The standard InChI is InChI=1S/C21H24N2O2/c1-13-9-10-14-6-4-8-18(17(14)11-13)22-21(25)23-20-16-7-3-2-5-15(16)12-19(20)24/h2-3,5,7,9-11,18-20,24H,4,6,8,12H2,1H3,(H2,22,23,25)/t18-,19-,20+/m1/s1. The van der Waals surface area contributed by atoms with Crippen LogP contribution < -0.4 is 10.6 Å². The Morgan fingerprint density at radius 1 is 1.08 bits per heavy atom. The normalized spacial score (nSPS) is 24.3. The monoisotopic (exact) mass is 336 g/mol. The molecule has 2 aliphatic rings. The van der Waals surface area contributed by atoms with Gasteiger partial charge in [0.25, 0.3) is 0 Å². The smallest absolute Gasteiger partial charge is 0.315 e. The van der Waals surface area contributed by atoms with Crippen LogP contribution in [0.5, 0.6) is 0 Å². The predicted molar refractivity (Wildman–Crippen MR) is 97.4 cm³/mol. The zero-order chi connectivity index (χ0) is 17.4. The maximum atomic E-state index is 12.6. The number of carbonyl (C=O) groups excluding carboxylic acids is 1. The number of hydrogen-bond acceptors (Lipinski definition) is 2. The Morgan fingerprint density at radius 3 is 2.80 bits per heavy atom. The number of aliphatic hydroxyl groups is 1. The van der Waals surface area contributed by atoms with Crippen molar-refractivity contribution < 1.29 is 9.90 Å². The fourth-order valence-corrected chi connectivity index (χ4v) is 4.16. The Labute approximate surface area is 148 Å². The van der Waals surface area contributed by atoms with Crippen molar-refractivity contribution in [2.45, 2.75) is 50.8 Å². The van der Waals surface area contributed by atoms with Crippen molar-refractivity contribution in [1.82, 2.24) is 10.6 Å². The highest BCUT2D eigenvalue weighted by Gasteiger charge is 2.32. The maximum absolute atomic E-state index is 12.6. The number of amides is 2. The molecule has 4 nitrogen and oxygen atoms in total. The highest BCUT2D eigenvalue weighted by Crippen LogP contribution is 2.32. The van der Waals surface area contributed by atoms with E-state index in [4.69, 9.17) is 0 Å². The van der Waals surface area contributed by atoms with Gasteiger partial charge in [-0.2, -0.15) is 0 Å². The lowest BCUT2D eigenvalue weighted by atomic mass is 9.87. The van der Waals surface area contributed by atoms with E-state index in [2.05, 4.69) is 35.8 Å².